The average Bonchev–Trinajstić information content (AvgIpc) is 3.14. The molecule has 3 rings (SSSR count). The number of rotatable bonds is 5. The summed E-state index contributed by atoms with van der Waals surface area (Å²) in [6.45, 7) is 0.229. The first-order chi connectivity index (χ1) is 14.3. The average molecular weight is 475 g/mol. The number of hydrogen-bond donors (Lipinski definition) is 1. The molecule has 0 radical (unpaired) electrons. The third-order valence-electron chi connectivity index (χ3n) is 4.68. The van der Waals surface area contributed by atoms with Crippen LogP contribution in [-0.4, -0.2) is 44.5 Å². The minimum atomic E-state index is -0.659. The SMILES string of the molecule is COC(=O)c1cc(NC(=O)C2CC(=O)N(c3ccc(Br)cc3)C2)cc(C(=O)OC)c1. The lowest BCUT2D eigenvalue weighted by Gasteiger charge is -2.17. The van der Waals surface area contributed by atoms with Gasteiger partial charge in [0.25, 0.3) is 0 Å². The Labute approximate surface area is 181 Å². The number of anilines is 2. The summed E-state index contributed by atoms with van der Waals surface area (Å²) in [5.74, 6) is -2.44. The molecule has 0 spiro atoms. The molecule has 1 atom stereocenters. The highest BCUT2D eigenvalue weighted by Gasteiger charge is 2.35. The summed E-state index contributed by atoms with van der Waals surface area (Å²) in [6, 6.07) is 11.4. The number of halogens is 1. The normalized spacial score (nSPS) is 15.6. The highest BCUT2D eigenvalue weighted by atomic mass is 79.9. The van der Waals surface area contributed by atoms with Crippen LogP contribution in [0.2, 0.25) is 0 Å². The standard InChI is InChI=1S/C21H19BrN2O6/c1-29-20(27)12-7-13(21(28)30-2)9-16(8-12)23-19(26)14-10-18(25)24(11-14)17-5-3-15(22)4-6-17/h3-9,14H,10-11H2,1-2H3,(H,23,26). The molecule has 1 N–H and O–H groups in total. The maximum atomic E-state index is 12.8. The minimum absolute atomic E-state index is 0.0580. The predicted molar refractivity (Wildman–Crippen MR) is 112 cm³/mol. The Morgan fingerprint density at radius 1 is 1.00 bits per heavy atom. The molecule has 1 fully saturated rings. The van der Waals surface area contributed by atoms with Crippen LogP contribution >= 0.6 is 15.9 Å². The van der Waals surface area contributed by atoms with Crippen LogP contribution in [0.25, 0.3) is 0 Å². The summed E-state index contributed by atoms with van der Waals surface area (Å²) >= 11 is 3.35. The lowest BCUT2D eigenvalue weighted by Crippen LogP contribution is -2.28. The van der Waals surface area contributed by atoms with Gasteiger partial charge in [-0.3, -0.25) is 9.59 Å². The zero-order valence-electron chi connectivity index (χ0n) is 16.3. The Kier molecular flexibility index (Phi) is 6.51. The monoisotopic (exact) mass is 474 g/mol. The van der Waals surface area contributed by atoms with E-state index in [-0.39, 0.29) is 41.6 Å². The van der Waals surface area contributed by atoms with Crippen molar-refractivity contribution in [1.29, 1.82) is 0 Å². The van der Waals surface area contributed by atoms with E-state index in [9.17, 15) is 19.2 Å². The number of hydrogen-bond acceptors (Lipinski definition) is 6. The zero-order chi connectivity index (χ0) is 21.8. The highest BCUT2D eigenvalue weighted by Crippen LogP contribution is 2.27. The van der Waals surface area contributed by atoms with Gasteiger partial charge in [0.1, 0.15) is 0 Å². The molecule has 156 valence electrons. The summed E-state index contributed by atoms with van der Waals surface area (Å²) in [4.78, 5) is 50.5. The second-order valence-corrected chi connectivity index (χ2v) is 7.57. The molecule has 9 heteroatoms. The van der Waals surface area contributed by atoms with E-state index in [1.54, 1.807) is 17.0 Å². The number of methoxy groups -OCH3 is 2. The molecule has 1 unspecified atom stereocenters. The summed E-state index contributed by atoms with van der Waals surface area (Å²) in [5.41, 5.74) is 1.13. The molecule has 0 aromatic heterocycles. The molecule has 0 aliphatic carbocycles. The van der Waals surface area contributed by atoms with Gasteiger partial charge >= 0.3 is 11.9 Å². The smallest absolute Gasteiger partial charge is 0.337 e. The van der Waals surface area contributed by atoms with E-state index in [4.69, 9.17) is 9.47 Å². The van der Waals surface area contributed by atoms with E-state index in [1.165, 1.54) is 32.4 Å². The van der Waals surface area contributed by atoms with Gasteiger partial charge in [0.05, 0.1) is 31.3 Å². The number of benzene rings is 2. The number of esters is 2. The molecule has 2 amide bonds. The van der Waals surface area contributed by atoms with Crippen molar-refractivity contribution < 1.29 is 28.7 Å². The molecule has 8 nitrogen and oxygen atoms in total. The molecule has 1 aliphatic heterocycles. The van der Waals surface area contributed by atoms with Crippen molar-refractivity contribution in [2.45, 2.75) is 6.42 Å². The third-order valence-corrected chi connectivity index (χ3v) is 5.21. The van der Waals surface area contributed by atoms with E-state index in [0.29, 0.717) is 5.69 Å². The quantitative estimate of drug-likeness (QED) is 0.668. The summed E-state index contributed by atoms with van der Waals surface area (Å²) < 4.78 is 10.3. The molecule has 2 aromatic carbocycles. The number of nitrogens with zero attached hydrogens (tertiary/aromatic N) is 1. The molecule has 2 aromatic rings. The van der Waals surface area contributed by atoms with Gasteiger partial charge in [-0.1, -0.05) is 15.9 Å². The largest absolute Gasteiger partial charge is 0.465 e. The number of carbonyl (C=O) groups excluding carboxylic acids is 4. The molecule has 1 aliphatic rings. The molecule has 0 saturated carbocycles. The van der Waals surface area contributed by atoms with Crippen molar-refractivity contribution in [1.82, 2.24) is 0 Å². The second kappa shape index (κ2) is 9.08. The highest BCUT2D eigenvalue weighted by molar-refractivity contribution is 9.10. The first-order valence-corrected chi connectivity index (χ1v) is 9.80. The fraction of sp³-hybridized carbons (Fsp3) is 0.238. The molecular formula is C21H19BrN2O6. The van der Waals surface area contributed by atoms with Gasteiger partial charge in [-0.05, 0) is 42.5 Å². The maximum Gasteiger partial charge on any atom is 0.337 e. The van der Waals surface area contributed by atoms with Crippen molar-refractivity contribution in [3.63, 3.8) is 0 Å². The number of carbonyl (C=O) groups is 4. The molecule has 1 heterocycles. The third kappa shape index (κ3) is 4.68. The molecule has 0 bridgehead atoms. The number of amides is 2. The van der Waals surface area contributed by atoms with E-state index in [1.807, 2.05) is 12.1 Å². The Hall–Kier alpha value is -3.20. The Morgan fingerprint density at radius 3 is 2.10 bits per heavy atom. The van der Waals surface area contributed by atoms with Crippen LogP contribution in [0.3, 0.4) is 0 Å². The molecular weight excluding hydrogens is 456 g/mol. The van der Waals surface area contributed by atoms with Crippen LogP contribution in [-0.2, 0) is 19.1 Å². The van der Waals surface area contributed by atoms with Gasteiger partial charge in [0.2, 0.25) is 11.8 Å². The van der Waals surface area contributed by atoms with Crippen LogP contribution in [0, 0.1) is 5.92 Å². The minimum Gasteiger partial charge on any atom is -0.465 e. The fourth-order valence-corrected chi connectivity index (χ4v) is 3.43. The zero-order valence-corrected chi connectivity index (χ0v) is 17.9. The van der Waals surface area contributed by atoms with Crippen LogP contribution in [0.15, 0.2) is 46.9 Å². The van der Waals surface area contributed by atoms with Crippen LogP contribution in [0.5, 0.6) is 0 Å². The molecule has 30 heavy (non-hydrogen) atoms. The van der Waals surface area contributed by atoms with Crippen molar-refractivity contribution in [2.75, 3.05) is 31.0 Å². The van der Waals surface area contributed by atoms with Crippen molar-refractivity contribution in [3.05, 3.63) is 58.1 Å². The summed E-state index contributed by atoms with van der Waals surface area (Å²) in [6.07, 6.45) is 0.0580. The second-order valence-electron chi connectivity index (χ2n) is 6.65. The molecule has 1 saturated heterocycles. The first-order valence-electron chi connectivity index (χ1n) is 9.01. The van der Waals surface area contributed by atoms with Crippen molar-refractivity contribution in [2.24, 2.45) is 5.92 Å². The lowest BCUT2D eigenvalue weighted by molar-refractivity contribution is -0.122. The Bertz CT molecular complexity index is 971. The number of ether oxygens (including phenoxy) is 2. The van der Waals surface area contributed by atoms with Gasteiger partial charge in [-0.25, -0.2) is 9.59 Å². The van der Waals surface area contributed by atoms with Crippen molar-refractivity contribution in [3.8, 4) is 0 Å². The van der Waals surface area contributed by atoms with E-state index < -0.39 is 17.9 Å². The van der Waals surface area contributed by atoms with Gasteiger partial charge in [0.15, 0.2) is 0 Å². The van der Waals surface area contributed by atoms with Gasteiger partial charge in [0, 0.05) is 28.8 Å². The van der Waals surface area contributed by atoms with E-state index in [2.05, 4.69) is 21.2 Å². The first kappa shape index (κ1) is 21.5. The fourth-order valence-electron chi connectivity index (χ4n) is 3.17. The van der Waals surface area contributed by atoms with Crippen LogP contribution < -0.4 is 10.2 Å². The van der Waals surface area contributed by atoms with E-state index >= 15 is 0 Å². The Balaban J connectivity index is 1.78. The van der Waals surface area contributed by atoms with Crippen molar-refractivity contribution >= 4 is 51.1 Å². The topological polar surface area (TPSA) is 102 Å². The van der Waals surface area contributed by atoms with Gasteiger partial charge < -0.3 is 19.7 Å². The maximum absolute atomic E-state index is 12.8. The number of nitrogens with one attached hydrogen (secondary N) is 1. The summed E-state index contributed by atoms with van der Waals surface area (Å²) in [5, 5.41) is 2.68. The lowest BCUT2D eigenvalue weighted by atomic mass is 10.1. The summed E-state index contributed by atoms with van der Waals surface area (Å²) in [7, 11) is 2.43. The predicted octanol–water partition coefficient (Wildman–Crippen LogP) is 3.01. The Morgan fingerprint density at radius 2 is 1.57 bits per heavy atom. The van der Waals surface area contributed by atoms with Crippen LogP contribution in [0.4, 0.5) is 11.4 Å². The van der Waals surface area contributed by atoms with E-state index in [0.717, 1.165) is 4.47 Å². The van der Waals surface area contributed by atoms with Gasteiger partial charge in [-0.2, -0.15) is 0 Å². The van der Waals surface area contributed by atoms with Gasteiger partial charge in [-0.15, -0.1) is 0 Å². The van der Waals surface area contributed by atoms with Crippen LogP contribution in [0.1, 0.15) is 27.1 Å².